The molecule has 0 fully saturated rings. The Morgan fingerprint density at radius 1 is 1.05 bits per heavy atom. The van der Waals surface area contributed by atoms with Gasteiger partial charge in [0, 0.05) is 24.5 Å². The summed E-state index contributed by atoms with van der Waals surface area (Å²) >= 11 is 0. The summed E-state index contributed by atoms with van der Waals surface area (Å²) in [6, 6.07) is 13.6. The molecule has 1 unspecified atom stereocenters. The van der Waals surface area contributed by atoms with Gasteiger partial charge in [-0.3, -0.25) is 4.98 Å². The number of rotatable bonds is 5. The van der Waals surface area contributed by atoms with Gasteiger partial charge in [-0.25, -0.2) is 0 Å². The van der Waals surface area contributed by atoms with Crippen LogP contribution in [0.5, 0.6) is 0 Å². The fraction of sp³-hybridized carbons (Fsp3) is 0.312. The lowest BCUT2D eigenvalue weighted by Gasteiger charge is -2.30. The van der Waals surface area contributed by atoms with E-state index in [0.717, 1.165) is 17.7 Å². The topological polar surface area (TPSA) is 36.4 Å². The third-order valence-corrected chi connectivity index (χ3v) is 3.31. The first-order chi connectivity index (χ1) is 9.13. The number of benzene rings is 1. The van der Waals surface area contributed by atoms with Gasteiger partial charge in [0.2, 0.25) is 0 Å². The molecule has 2 rings (SSSR count). The summed E-state index contributed by atoms with van der Waals surface area (Å²) in [5.74, 6) is 0. The maximum atomic E-state index is 11.1. The molecular weight excluding hydrogens is 236 g/mol. The lowest BCUT2D eigenvalue weighted by Crippen LogP contribution is -2.31. The van der Waals surface area contributed by atoms with Crippen LogP contribution in [0, 0.1) is 0 Å². The van der Waals surface area contributed by atoms with Crippen LogP contribution in [-0.4, -0.2) is 35.6 Å². The highest BCUT2D eigenvalue weighted by atomic mass is 16.3. The van der Waals surface area contributed by atoms with E-state index in [4.69, 9.17) is 0 Å². The molecule has 0 aliphatic carbocycles. The summed E-state index contributed by atoms with van der Waals surface area (Å²) in [7, 11) is 4.02. The van der Waals surface area contributed by atoms with Crippen LogP contribution in [0.3, 0.4) is 0 Å². The second-order valence-electron chi connectivity index (χ2n) is 5.02. The fourth-order valence-electron chi connectivity index (χ4n) is 2.16. The third kappa shape index (κ3) is 3.19. The van der Waals surface area contributed by atoms with E-state index in [1.807, 2.05) is 56.6 Å². The van der Waals surface area contributed by atoms with Gasteiger partial charge in [0.1, 0.15) is 5.60 Å². The van der Waals surface area contributed by atoms with Crippen molar-refractivity contribution in [2.24, 2.45) is 0 Å². The molecule has 1 heterocycles. The second-order valence-corrected chi connectivity index (χ2v) is 5.02. The maximum Gasteiger partial charge on any atom is 0.117 e. The summed E-state index contributed by atoms with van der Waals surface area (Å²) in [5.41, 5.74) is 0.757. The van der Waals surface area contributed by atoms with Crippen molar-refractivity contribution in [3.63, 3.8) is 0 Å². The molecule has 1 aromatic carbocycles. The molecule has 0 bridgehead atoms. The molecule has 3 heteroatoms. The van der Waals surface area contributed by atoms with E-state index in [1.54, 1.807) is 12.4 Å². The van der Waals surface area contributed by atoms with Crippen molar-refractivity contribution in [3.05, 3.63) is 66.0 Å². The predicted octanol–water partition coefficient (Wildman–Crippen LogP) is 2.27. The molecule has 1 aromatic heterocycles. The number of hydrogen-bond acceptors (Lipinski definition) is 3. The molecule has 0 spiro atoms. The summed E-state index contributed by atoms with van der Waals surface area (Å²) < 4.78 is 0. The summed E-state index contributed by atoms with van der Waals surface area (Å²) in [6.45, 7) is 0.806. The lowest BCUT2D eigenvalue weighted by atomic mass is 9.84. The van der Waals surface area contributed by atoms with E-state index < -0.39 is 5.60 Å². The Kier molecular flexibility index (Phi) is 4.30. The second kappa shape index (κ2) is 5.95. The first-order valence-electron chi connectivity index (χ1n) is 6.46. The highest BCUT2D eigenvalue weighted by Crippen LogP contribution is 2.32. The standard InChI is InChI=1S/C16H20N2O/c1-18(2)12-10-16(19,14-7-4-3-5-8-14)15-9-6-11-17-13-15/h3-9,11,13,19H,10,12H2,1-2H3. The molecule has 0 amide bonds. The Morgan fingerprint density at radius 3 is 2.32 bits per heavy atom. The van der Waals surface area contributed by atoms with Crippen molar-refractivity contribution in [3.8, 4) is 0 Å². The van der Waals surface area contributed by atoms with Gasteiger partial charge < -0.3 is 10.0 Å². The Hall–Kier alpha value is -1.71. The third-order valence-electron chi connectivity index (χ3n) is 3.31. The average molecular weight is 256 g/mol. The van der Waals surface area contributed by atoms with Gasteiger partial charge in [0.25, 0.3) is 0 Å². The Labute approximate surface area is 114 Å². The minimum absolute atomic E-state index is 0.635. The molecule has 0 saturated heterocycles. The van der Waals surface area contributed by atoms with Crippen LogP contribution in [0.15, 0.2) is 54.9 Å². The molecule has 100 valence electrons. The van der Waals surface area contributed by atoms with Crippen molar-refractivity contribution >= 4 is 0 Å². The van der Waals surface area contributed by atoms with Gasteiger partial charge in [-0.05, 0) is 32.1 Å². The van der Waals surface area contributed by atoms with Crippen LogP contribution in [0.1, 0.15) is 17.5 Å². The molecule has 0 radical (unpaired) electrons. The molecule has 3 nitrogen and oxygen atoms in total. The molecule has 1 N–H and O–H groups in total. The Balaban J connectivity index is 2.39. The largest absolute Gasteiger partial charge is 0.380 e. The van der Waals surface area contributed by atoms with E-state index >= 15 is 0 Å². The molecule has 2 aromatic rings. The zero-order valence-electron chi connectivity index (χ0n) is 11.5. The minimum Gasteiger partial charge on any atom is -0.380 e. The van der Waals surface area contributed by atoms with Crippen molar-refractivity contribution in [1.82, 2.24) is 9.88 Å². The van der Waals surface area contributed by atoms with Crippen LogP contribution < -0.4 is 0 Å². The van der Waals surface area contributed by atoms with E-state index in [0.29, 0.717) is 6.42 Å². The van der Waals surface area contributed by atoms with E-state index in [2.05, 4.69) is 9.88 Å². The quantitative estimate of drug-likeness (QED) is 0.891. The van der Waals surface area contributed by atoms with Gasteiger partial charge >= 0.3 is 0 Å². The molecule has 0 saturated carbocycles. The number of aromatic nitrogens is 1. The van der Waals surface area contributed by atoms with Crippen molar-refractivity contribution in [2.45, 2.75) is 12.0 Å². The van der Waals surface area contributed by atoms with Crippen LogP contribution in [0.4, 0.5) is 0 Å². The Bertz CT molecular complexity index is 457. The zero-order valence-corrected chi connectivity index (χ0v) is 11.5. The normalized spacial score (nSPS) is 14.3. The highest BCUT2D eigenvalue weighted by molar-refractivity contribution is 5.34. The summed E-state index contributed by atoms with van der Waals surface area (Å²) in [4.78, 5) is 6.20. The highest BCUT2D eigenvalue weighted by Gasteiger charge is 2.31. The first-order valence-corrected chi connectivity index (χ1v) is 6.46. The van der Waals surface area contributed by atoms with Crippen LogP contribution in [0.25, 0.3) is 0 Å². The van der Waals surface area contributed by atoms with E-state index in [9.17, 15) is 5.11 Å². The minimum atomic E-state index is -0.986. The first kappa shape index (κ1) is 13.7. The lowest BCUT2D eigenvalue weighted by molar-refractivity contribution is 0.0626. The molecule has 0 aliphatic heterocycles. The van der Waals surface area contributed by atoms with Crippen molar-refractivity contribution < 1.29 is 5.11 Å². The van der Waals surface area contributed by atoms with Gasteiger partial charge in [0.05, 0.1) is 0 Å². The fourth-order valence-corrected chi connectivity index (χ4v) is 2.16. The molecule has 1 atom stereocenters. The number of hydrogen-bond donors (Lipinski definition) is 1. The number of pyridine rings is 1. The number of nitrogens with zero attached hydrogens (tertiary/aromatic N) is 2. The van der Waals surface area contributed by atoms with E-state index in [-0.39, 0.29) is 0 Å². The van der Waals surface area contributed by atoms with Gasteiger partial charge in [-0.2, -0.15) is 0 Å². The smallest absolute Gasteiger partial charge is 0.117 e. The molecule has 19 heavy (non-hydrogen) atoms. The van der Waals surface area contributed by atoms with E-state index in [1.165, 1.54) is 0 Å². The van der Waals surface area contributed by atoms with Gasteiger partial charge in [-0.1, -0.05) is 36.4 Å². The monoisotopic (exact) mass is 256 g/mol. The van der Waals surface area contributed by atoms with Crippen molar-refractivity contribution in [2.75, 3.05) is 20.6 Å². The average Bonchev–Trinajstić information content (AvgIpc) is 2.46. The molecular formula is C16H20N2O. The summed E-state index contributed by atoms with van der Waals surface area (Å²) in [5, 5.41) is 11.1. The van der Waals surface area contributed by atoms with Crippen LogP contribution in [-0.2, 0) is 5.60 Å². The van der Waals surface area contributed by atoms with Gasteiger partial charge in [-0.15, -0.1) is 0 Å². The van der Waals surface area contributed by atoms with Crippen molar-refractivity contribution in [1.29, 1.82) is 0 Å². The zero-order chi connectivity index (χ0) is 13.7. The maximum absolute atomic E-state index is 11.1. The SMILES string of the molecule is CN(C)CCC(O)(c1ccccc1)c1cccnc1. The summed E-state index contributed by atoms with van der Waals surface area (Å²) in [6.07, 6.45) is 4.10. The Morgan fingerprint density at radius 2 is 1.74 bits per heavy atom. The van der Waals surface area contributed by atoms with Crippen LogP contribution in [0.2, 0.25) is 0 Å². The molecule has 0 aliphatic rings. The number of aliphatic hydroxyl groups is 1. The van der Waals surface area contributed by atoms with Crippen LogP contribution >= 0.6 is 0 Å². The predicted molar refractivity (Wildman–Crippen MR) is 76.8 cm³/mol. The van der Waals surface area contributed by atoms with Gasteiger partial charge in [0.15, 0.2) is 0 Å².